The summed E-state index contributed by atoms with van der Waals surface area (Å²) in [7, 11) is 0. The maximum Gasteiger partial charge on any atom is 0.421 e. The van der Waals surface area contributed by atoms with Crippen LogP contribution in [0.5, 0.6) is 0 Å². The minimum Gasteiger partial charge on any atom is -0.359 e. The third-order valence-corrected chi connectivity index (χ3v) is 6.86. The van der Waals surface area contributed by atoms with E-state index in [1.165, 1.54) is 43.0 Å². The highest BCUT2D eigenvalue weighted by Crippen LogP contribution is 2.33. The highest BCUT2D eigenvalue weighted by molar-refractivity contribution is 6.00. The molecule has 2 fully saturated rings. The van der Waals surface area contributed by atoms with Crippen LogP contribution >= 0.6 is 0 Å². The monoisotopic (exact) mass is 481 g/mol. The van der Waals surface area contributed by atoms with Gasteiger partial charge >= 0.3 is 6.18 Å². The first-order chi connectivity index (χ1) is 16.2. The van der Waals surface area contributed by atoms with Gasteiger partial charge in [-0.1, -0.05) is 25.2 Å². The highest BCUT2D eigenvalue weighted by Gasteiger charge is 2.43. The number of terminal acetylenes is 1. The molecule has 4 N–H and O–H groups in total. The van der Waals surface area contributed by atoms with Gasteiger partial charge in [-0.3, -0.25) is 10.4 Å². The van der Waals surface area contributed by atoms with Crippen molar-refractivity contribution in [2.75, 3.05) is 26.2 Å². The first-order valence-electron chi connectivity index (χ1n) is 11.7. The molecule has 0 amide bonds. The van der Waals surface area contributed by atoms with Crippen LogP contribution in [0.2, 0.25) is 0 Å². The number of alkyl halides is 4. The van der Waals surface area contributed by atoms with Crippen LogP contribution in [-0.2, 0) is 5.79 Å². The van der Waals surface area contributed by atoms with Crippen LogP contribution in [0.4, 0.5) is 17.6 Å². The Morgan fingerprint density at radius 1 is 1.26 bits per heavy atom. The van der Waals surface area contributed by atoms with E-state index in [0.717, 1.165) is 19.3 Å². The van der Waals surface area contributed by atoms with Crippen molar-refractivity contribution in [3.05, 3.63) is 29.7 Å². The molecule has 4 rings (SSSR count). The predicted octanol–water partition coefficient (Wildman–Crippen LogP) is 2.79. The lowest BCUT2D eigenvalue weighted by molar-refractivity contribution is -0.0872. The van der Waals surface area contributed by atoms with E-state index in [4.69, 9.17) is 12.2 Å². The zero-order chi connectivity index (χ0) is 24.3. The molecule has 34 heavy (non-hydrogen) atoms. The molecule has 0 aromatic carbocycles. The Balaban J connectivity index is 1.45. The summed E-state index contributed by atoms with van der Waals surface area (Å²) in [6, 6.07) is -0.465. The SMILES string of the molecule is C#CCNC1=NC(N)(c2cnn([C@@H]3CCN(CC4CCCCC4)C[C@H]3F)c2)NC=C1C(F)(F)F. The van der Waals surface area contributed by atoms with Crippen LogP contribution < -0.4 is 16.4 Å². The fraction of sp³-hybridized carbons (Fsp3) is 0.652. The average molecular weight is 482 g/mol. The van der Waals surface area contributed by atoms with Gasteiger partial charge in [0.05, 0.1) is 24.3 Å². The zero-order valence-corrected chi connectivity index (χ0v) is 19.0. The van der Waals surface area contributed by atoms with Gasteiger partial charge < -0.3 is 15.5 Å². The summed E-state index contributed by atoms with van der Waals surface area (Å²) >= 11 is 0. The van der Waals surface area contributed by atoms with Crippen molar-refractivity contribution < 1.29 is 17.6 Å². The summed E-state index contributed by atoms with van der Waals surface area (Å²) in [5.74, 6) is 0.715. The van der Waals surface area contributed by atoms with Gasteiger partial charge in [0.2, 0.25) is 5.79 Å². The number of nitrogens with one attached hydrogen (secondary N) is 2. The fourth-order valence-corrected chi connectivity index (χ4v) is 5.02. The molecule has 7 nitrogen and oxygen atoms in total. The van der Waals surface area contributed by atoms with Crippen LogP contribution in [0.1, 0.15) is 50.1 Å². The molecule has 186 valence electrons. The van der Waals surface area contributed by atoms with Gasteiger partial charge in [0.1, 0.15) is 17.6 Å². The minimum atomic E-state index is -4.65. The molecule has 1 saturated carbocycles. The average Bonchev–Trinajstić information content (AvgIpc) is 3.29. The van der Waals surface area contributed by atoms with Crippen molar-refractivity contribution in [3.63, 3.8) is 0 Å². The van der Waals surface area contributed by atoms with Gasteiger partial charge in [-0.15, -0.1) is 6.42 Å². The van der Waals surface area contributed by atoms with E-state index in [0.29, 0.717) is 24.4 Å². The number of nitrogens with zero attached hydrogens (tertiary/aromatic N) is 4. The maximum absolute atomic E-state index is 15.1. The molecule has 11 heteroatoms. The number of hydrogen-bond acceptors (Lipinski definition) is 6. The summed E-state index contributed by atoms with van der Waals surface area (Å²) < 4.78 is 56.7. The van der Waals surface area contributed by atoms with Crippen LogP contribution in [0, 0.1) is 18.3 Å². The Hall–Kier alpha value is -2.58. The van der Waals surface area contributed by atoms with E-state index in [1.54, 1.807) is 6.20 Å². The predicted molar refractivity (Wildman–Crippen MR) is 121 cm³/mol. The Labute approximate surface area is 196 Å². The second-order valence-corrected chi connectivity index (χ2v) is 9.33. The van der Waals surface area contributed by atoms with E-state index >= 15 is 4.39 Å². The van der Waals surface area contributed by atoms with Crippen LogP contribution in [0.25, 0.3) is 0 Å². The van der Waals surface area contributed by atoms with E-state index in [9.17, 15) is 13.2 Å². The molecule has 1 aromatic heterocycles. The number of nitrogens with two attached hydrogens (primary N) is 1. The van der Waals surface area contributed by atoms with Gasteiger partial charge in [0.15, 0.2) is 0 Å². The van der Waals surface area contributed by atoms with Gasteiger partial charge in [-0.05, 0) is 25.2 Å². The Bertz CT molecular complexity index is 957. The second kappa shape index (κ2) is 9.96. The van der Waals surface area contributed by atoms with Crippen molar-refractivity contribution in [3.8, 4) is 12.3 Å². The Morgan fingerprint density at radius 3 is 2.71 bits per heavy atom. The first kappa shape index (κ1) is 24.5. The third kappa shape index (κ3) is 5.39. The van der Waals surface area contributed by atoms with E-state index in [2.05, 4.69) is 31.5 Å². The van der Waals surface area contributed by atoms with Crippen molar-refractivity contribution in [1.29, 1.82) is 0 Å². The van der Waals surface area contributed by atoms with Gasteiger partial charge in [0.25, 0.3) is 0 Å². The summed E-state index contributed by atoms with van der Waals surface area (Å²) in [5, 5.41) is 9.28. The van der Waals surface area contributed by atoms with E-state index < -0.39 is 35.6 Å². The smallest absolute Gasteiger partial charge is 0.359 e. The fourth-order valence-electron chi connectivity index (χ4n) is 5.02. The van der Waals surface area contributed by atoms with Crippen LogP contribution in [0.3, 0.4) is 0 Å². The van der Waals surface area contributed by atoms with E-state index in [1.807, 2.05) is 0 Å². The number of aromatic nitrogens is 2. The summed E-state index contributed by atoms with van der Waals surface area (Å²) in [5.41, 5.74) is 5.61. The molecule has 0 spiro atoms. The molecule has 1 aromatic rings. The van der Waals surface area contributed by atoms with Gasteiger partial charge in [-0.2, -0.15) is 18.3 Å². The van der Waals surface area contributed by atoms with Crippen molar-refractivity contribution in [2.24, 2.45) is 16.6 Å². The summed E-state index contributed by atoms with van der Waals surface area (Å²) in [4.78, 5) is 6.26. The topological polar surface area (TPSA) is 83.5 Å². The molecule has 2 aliphatic heterocycles. The van der Waals surface area contributed by atoms with Crippen LogP contribution in [-0.4, -0.2) is 59.0 Å². The van der Waals surface area contributed by atoms with Crippen molar-refractivity contribution in [1.82, 2.24) is 25.3 Å². The van der Waals surface area contributed by atoms with E-state index in [-0.39, 0.29) is 6.54 Å². The third-order valence-electron chi connectivity index (χ3n) is 6.86. The summed E-state index contributed by atoms with van der Waals surface area (Å²) in [6.45, 7) is 1.91. The number of amidine groups is 1. The number of piperidine rings is 1. The lowest BCUT2D eigenvalue weighted by Gasteiger charge is -2.37. The second-order valence-electron chi connectivity index (χ2n) is 9.33. The molecular formula is C23H31F4N7. The minimum absolute atomic E-state index is 0.148. The quantitative estimate of drug-likeness (QED) is 0.445. The van der Waals surface area contributed by atoms with Gasteiger partial charge in [0, 0.05) is 32.0 Å². The normalized spacial score (nSPS) is 29.1. The lowest BCUT2D eigenvalue weighted by atomic mass is 9.88. The lowest BCUT2D eigenvalue weighted by Crippen LogP contribution is -2.52. The van der Waals surface area contributed by atoms with Crippen LogP contribution in [0.15, 0.2) is 29.2 Å². The maximum atomic E-state index is 15.1. The molecule has 0 radical (unpaired) electrons. The molecule has 3 aliphatic rings. The molecule has 1 saturated heterocycles. The molecule has 1 aliphatic carbocycles. The highest BCUT2D eigenvalue weighted by atomic mass is 19.4. The molecule has 3 atom stereocenters. The standard InChI is InChI=1S/C23H31F4N7/c1-2-9-29-21-18(22(25,26)27)12-30-23(28,32-21)17-11-31-34(14-17)20-8-10-33(15-19(20)24)13-16-6-4-3-5-7-16/h1,11-12,14,16,19-20,30H,3-10,13,15,28H2,(H,29,32)/t19-,20-,23?/m1/s1. The summed E-state index contributed by atoms with van der Waals surface area (Å²) in [6.07, 6.45) is 9.98. The molecule has 1 unspecified atom stereocenters. The number of aliphatic imine (C=N–C) groups is 1. The molecule has 3 heterocycles. The largest absolute Gasteiger partial charge is 0.421 e. The Morgan fingerprint density at radius 2 is 2.03 bits per heavy atom. The van der Waals surface area contributed by atoms with Gasteiger partial charge in [-0.25, -0.2) is 9.38 Å². The number of rotatable bonds is 5. The zero-order valence-electron chi connectivity index (χ0n) is 19.0. The Kier molecular flexibility index (Phi) is 7.19. The number of hydrogen-bond donors (Lipinski definition) is 3. The molecular weight excluding hydrogens is 450 g/mol. The first-order valence-corrected chi connectivity index (χ1v) is 11.7. The number of halogens is 4. The van der Waals surface area contributed by atoms with Crippen molar-refractivity contribution >= 4 is 5.84 Å². The number of likely N-dealkylation sites (tertiary alicyclic amines) is 1. The molecule has 0 bridgehead atoms. The van der Waals surface area contributed by atoms with Crippen molar-refractivity contribution in [2.45, 2.75) is 62.7 Å².